The smallest absolute Gasteiger partial charge is 0.259 e. The first-order chi connectivity index (χ1) is 10.6. The number of rotatable bonds is 2. The predicted octanol–water partition coefficient (Wildman–Crippen LogP) is 1.69. The van der Waals surface area contributed by atoms with Gasteiger partial charge in [-0.1, -0.05) is 12.1 Å². The minimum atomic E-state index is -0.452. The molecule has 0 aliphatic carbocycles. The Bertz CT molecular complexity index is 546. The number of carbonyl (C=O) groups is 1. The third kappa shape index (κ3) is 2.54. The molecular weight excluding hydrogens is 284 g/mol. The van der Waals surface area contributed by atoms with Gasteiger partial charge >= 0.3 is 0 Å². The lowest BCUT2D eigenvalue weighted by Crippen LogP contribution is -2.56. The zero-order valence-corrected chi connectivity index (χ0v) is 13.3. The highest BCUT2D eigenvalue weighted by molar-refractivity contribution is 5.96. The summed E-state index contributed by atoms with van der Waals surface area (Å²) in [5, 5.41) is 14.2. The van der Waals surface area contributed by atoms with Crippen molar-refractivity contribution >= 4 is 5.91 Å². The van der Waals surface area contributed by atoms with Crippen molar-refractivity contribution in [2.24, 2.45) is 0 Å². The maximum atomic E-state index is 12.7. The summed E-state index contributed by atoms with van der Waals surface area (Å²) in [6.07, 6.45) is 3.33. The van der Waals surface area contributed by atoms with Gasteiger partial charge in [-0.15, -0.1) is 0 Å². The number of aliphatic hydroxyl groups is 1. The maximum Gasteiger partial charge on any atom is 0.259 e. The second kappa shape index (κ2) is 6.01. The van der Waals surface area contributed by atoms with E-state index in [1.807, 2.05) is 11.8 Å². The summed E-state index contributed by atoms with van der Waals surface area (Å²) in [5.41, 5.74) is 0.868. The molecule has 1 N–H and O–H groups in total. The van der Waals surface area contributed by atoms with E-state index in [1.165, 1.54) is 0 Å². The number of nitrogens with zero attached hydrogens (tertiary/aromatic N) is 2. The minimum Gasteiger partial charge on any atom is -0.390 e. The summed E-state index contributed by atoms with van der Waals surface area (Å²) in [6, 6.07) is 0. The van der Waals surface area contributed by atoms with Gasteiger partial charge in [0.15, 0.2) is 0 Å². The van der Waals surface area contributed by atoms with Gasteiger partial charge in [0.2, 0.25) is 0 Å². The number of piperidine rings is 1. The fourth-order valence-electron chi connectivity index (χ4n) is 3.57. The van der Waals surface area contributed by atoms with E-state index in [9.17, 15) is 9.90 Å². The van der Waals surface area contributed by atoms with Crippen LogP contribution in [0.4, 0.5) is 0 Å². The Morgan fingerprint density at radius 1 is 1.45 bits per heavy atom. The second-order valence-electron chi connectivity index (χ2n) is 6.28. The summed E-state index contributed by atoms with van der Waals surface area (Å²) < 4.78 is 11.1. The van der Waals surface area contributed by atoms with E-state index in [0.29, 0.717) is 50.3 Å². The molecule has 3 heterocycles. The average molecular weight is 308 g/mol. The van der Waals surface area contributed by atoms with Crippen molar-refractivity contribution < 1.29 is 19.2 Å². The molecule has 0 aromatic carbocycles. The first-order valence-corrected chi connectivity index (χ1v) is 8.14. The molecule has 0 saturated carbocycles. The summed E-state index contributed by atoms with van der Waals surface area (Å²) >= 11 is 0. The Balaban J connectivity index is 1.71. The molecule has 2 fully saturated rings. The number of aromatic nitrogens is 1. The van der Waals surface area contributed by atoms with E-state index in [2.05, 4.69) is 5.16 Å². The molecule has 6 heteroatoms. The quantitative estimate of drug-likeness (QED) is 0.900. The van der Waals surface area contributed by atoms with E-state index in [1.54, 1.807) is 6.92 Å². The highest BCUT2D eigenvalue weighted by atomic mass is 16.5. The molecule has 22 heavy (non-hydrogen) atoms. The molecule has 1 aromatic heterocycles. The van der Waals surface area contributed by atoms with Crippen molar-refractivity contribution in [3.63, 3.8) is 0 Å². The van der Waals surface area contributed by atoms with E-state index in [4.69, 9.17) is 9.26 Å². The number of hydrogen-bond donors (Lipinski definition) is 1. The van der Waals surface area contributed by atoms with Crippen molar-refractivity contribution in [3.8, 4) is 0 Å². The Morgan fingerprint density at radius 3 is 2.82 bits per heavy atom. The normalized spacial score (nSPS) is 24.7. The molecule has 2 saturated heterocycles. The van der Waals surface area contributed by atoms with Crippen LogP contribution in [0, 0.1) is 6.92 Å². The first kappa shape index (κ1) is 15.5. The number of hydrogen-bond acceptors (Lipinski definition) is 5. The Hall–Kier alpha value is -1.40. The topological polar surface area (TPSA) is 75.8 Å². The van der Waals surface area contributed by atoms with E-state index < -0.39 is 11.7 Å². The van der Waals surface area contributed by atoms with Crippen LogP contribution in [-0.2, 0) is 11.2 Å². The van der Waals surface area contributed by atoms with Gasteiger partial charge in [0.05, 0.1) is 17.4 Å². The molecule has 122 valence electrons. The van der Waals surface area contributed by atoms with Gasteiger partial charge in [-0.2, -0.15) is 0 Å². The van der Waals surface area contributed by atoms with Gasteiger partial charge in [0, 0.05) is 19.7 Å². The van der Waals surface area contributed by atoms with Crippen LogP contribution in [0.25, 0.3) is 0 Å². The van der Waals surface area contributed by atoms with Crippen molar-refractivity contribution in [3.05, 3.63) is 17.0 Å². The molecule has 3 rings (SSSR count). The van der Waals surface area contributed by atoms with Crippen LogP contribution in [0.3, 0.4) is 0 Å². The van der Waals surface area contributed by atoms with Crippen molar-refractivity contribution in [1.29, 1.82) is 0 Å². The number of aliphatic hydroxyl groups excluding tert-OH is 1. The lowest BCUT2D eigenvalue weighted by Gasteiger charge is -2.46. The highest BCUT2D eigenvalue weighted by Gasteiger charge is 2.44. The Morgan fingerprint density at radius 2 is 2.18 bits per heavy atom. The molecule has 0 bridgehead atoms. The van der Waals surface area contributed by atoms with Gasteiger partial charge in [0.1, 0.15) is 11.3 Å². The predicted molar refractivity (Wildman–Crippen MR) is 79.7 cm³/mol. The van der Waals surface area contributed by atoms with Gasteiger partial charge in [-0.05, 0) is 39.0 Å². The molecule has 1 aromatic rings. The van der Waals surface area contributed by atoms with Crippen LogP contribution < -0.4 is 0 Å². The zero-order valence-electron chi connectivity index (χ0n) is 13.3. The van der Waals surface area contributed by atoms with Gasteiger partial charge < -0.3 is 19.3 Å². The average Bonchev–Trinajstić information content (AvgIpc) is 2.91. The van der Waals surface area contributed by atoms with Gasteiger partial charge in [-0.3, -0.25) is 4.79 Å². The molecule has 2 aliphatic heterocycles. The molecule has 6 nitrogen and oxygen atoms in total. The van der Waals surface area contributed by atoms with Crippen LogP contribution in [0.1, 0.15) is 54.4 Å². The molecule has 1 atom stereocenters. The fraction of sp³-hybridized carbons (Fsp3) is 0.750. The lowest BCUT2D eigenvalue weighted by molar-refractivity contribution is -0.174. The largest absolute Gasteiger partial charge is 0.390 e. The standard InChI is InChI=1S/C16H24N2O4/c1-3-12-14(11(2)22-17-12)15(20)18-8-6-16(7-9-18)13(19)5-4-10-21-16/h13,19H,3-10H2,1-2H3. The first-order valence-electron chi connectivity index (χ1n) is 8.14. The van der Waals surface area contributed by atoms with Crippen molar-refractivity contribution in [2.45, 2.75) is 57.7 Å². The lowest BCUT2D eigenvalue weighted by atomic mass is 9.82. The molecule has 1 unspecified atom stereocenters. The Labute approximate surface area is 130 Å². The van der Waals surface area contributed by atoms with Gasteiger partial charge in [0.25, 0.3) is 5.91 Å². The number of amides is 1. The molecular formula is C16H24N2O4. The van der Waals surface area contributed by atoms with Crippen LogP contribution >= 0.6 is 0 Å². The SMILES string of the molecule is CCc1noc(C)c1C(=O)N1CCC2(CC1)OCCCC2O. The number of likely N-dealkylation sites (tertiary alicyclic amines) is 1. The second-order valence-corrected chi connectivity index (χ2v) is 6.28. The van der Waals surface area contributed by atoms with E-state index >= 15 is 0 Å². The summed E-state index contributed by atoms with van der Waals surface area (Å²) in [7, 11) is 0. The van der Waals surface area contributed by atoms with E-state index in [0.717, 1.165) is 18.5 Å². The molecule has 0 radical (unpaired) electrons. The molecule has 1 spiro atoms. The van der Waals surface area contributed by atoms with Gasteiger partial charge in [-0.25, -0.2) is 0 Å². The zero-order chi connectivity index (χ0) is 15.7. The maximum absolute atomic E-state index is 12.7. The number of carbonyl (C=O) groups excluding carboxylic acids is 1. The summed E-state index contributed by atoms with van der Waals surface area (Å²) in [6.45, 7) is 5.65. The van der Waals surface area contributed by atoms with Crippen LogP contribution in [0.2, 0.25) is 0 Å². The molecule has 1 amide bonds. The summed E-state index contributed by atoms with van der Waals surface area (Å²) in [4.78, 5) is 14.6. The highest BCUT2D eigenvalue weighted by Crippen LogP contribution is 2.35. The number of aryl methyl sites for hydroxylation is 2. The fourth-order valence-corrected chi connectivity index (χ4v) is 3.57. The molecule has 2 aliphatic rings. The van der Waals surface area contributed by atoms with E-state index in [-0.39, 0.29) is 5.91 Å². The Kier molecular flexibility index (Phi) is 4.23. The number of ether oxygens (including phenoxy) is 1. The van der Waals surface area contributed by atoms with Crippen molar-refractivity contribution in [2.75, 3.05) is 19.7 Å². The minimum absolute atomic E-state index is 0.0178. The summed E-state index contributed by atoms with van der Waals surface area (Å²) in [5.74, 6) is 0.562. The van der Waals surface area contributed by atoms with Crippen molar-refractivity contribution in [1.82, 2.24) is 10.1 Å². The monoisotopic (exact) mass is 308 g/mol. The third-order valence-electron chi connectivity index (χ3n) is 5.00. The van der Waals surface area contributed by atoms with Crippen LogP contribution in [0.15, 0.2) is 4.52 Å². The van der Waals surface area contributed by atoms with Crippen LogP contribution in [0.5, 0.6) is 0 Å². The third-order valence-corrected chi connectivity index (χ3v) is 5.00. The van der Waals surface area contributed by atoms with Crippen LogP contribution in [-0.4, -0.2) is 52.5 Å².